The summed E-state index contributed by atoms with van der Waals surface area (Å²) in [5.74, 6) is 1.85. The fraction of sp³-hybridized carbons (Fsp3) is 0.703. The fourth-order valence-corrected chi connectivity index (χ4v) is 12.3. The van der Waals surface area contributed by atoms with Crippen LogP contribution in [0.3, 0.4) is 0 Å². The van der Waals surface area contributed by atoms with E-state index in [9.17, 15) is 4.79 Å². The Morgan fingerprint density at radius 3 is 2.37 bits per heavy atom. The maximum atomic E-state index is 15.0. The lowest BCUT2D eigenvalue weighted by Gasteiger charge is -2.72. The SMILES string of the molecule is C=C(C)[C@@H]1CC[C@]2(N)CC[C@]3(C)[C@H](CC[C@H]4C3(C)CC[C@H]3C(C)(C)C(c5ccc(C(=O)OC)c(F)c5)=CC[C@@]34C)[C@@H]12. The molecular weight excluding hydrogens is 509 g/mol. The van der Waals surface area contributed by atoms with Gasteiger partial charge in [-0.3, -0.25) is 0 Å². The summed E-state index contributed by atoms with van der Waals surface area (Å²) >= 11 is 0. The van der Waals surface area contributed by atoms with Crippen LogP contribution in [0.4, 0.5) is 4.39 Å². The molecule has 41 heavy (non-hydrogen) atoms. The quantitative estimate of drug-likeness (QED) is 0.296. The summed E-state index contributed by atoms with van der Waals surface area (Å²) in [6.07, 6.45) is 13.2. The van der Waals surface area contributed by atoms with Gasteiger partial charge in [-0.15, -0.1) is 0 Å². The van der Waals surface area contributed by atoms with Crippen molar-refractivity contribution >= 4 is 11.5 Å². The zero-order valence-corrected chi connectivity index (χ0v) is 26.5. The third-order valence-corrected chi connectivity index (χ3v) is 14.4. The Balaban J connectivity index is 1.36. The Morgan fingerprint density at radius 2 is 1.71 bits per heavy atom. The number of hydrogen-bond donors (Lipinski definition) is 1. The van der Waals surface area contributed by atoms with Crippen LogP contribution >= 0.6 is 0 Å². The molecule has 0 amide bonds. The lowest BCUT2D eigenvalue weighted by Crippen LogP contribution is -2.67. The van der Waals surface area contributed by atoms with Crippen molar-refractivity contribution in [2.75, 3.05) is 7.11 Å². The van der Waals surface area contributed by atoms with Gasteiger partial charge in [0.1, 0.15) is 5.82 Å². The molecule has 5 aliphatic rings. The topological polar surface area (TPSA) is 52.3 Å². The monoisotopic (exact) mass is 561 g/mol. The molecule has 4 fully saturated rings. The predicted octanol–water partition coefficient (Wildman–Crippen LogP) is 8.97. The number of nitrogens with two attached hydrogens (primary N) is 1. The number of rotatable bonds is 3. The van der Waals surface area contributed by atoms with E-state index in [2.05, 4.69) is 54.2 Å². The van der Waals surface area contributed by atoms with Crippen LogP contribution in [0.2, 0.25) is 0 Å². The van der Waals surface area contributed by atoms with E-state index in [0.29, 0.717) is 29.6 Å². The molecule has 6 rings (SSSR count). The molecule has 1 aromatic carbocycles. The number of fused-ring (bicyclic) bond motifs is 7. The average molecular weight is 562 g/mol. The van der Waals surface area contributed by atoms with E-state index in [1.54, 1.807) is 12.1 Å². The number of carbonyl (C=O) groups excluding carboxylic acids is 1. The molecule has 0 spiro atoms. The second-order valence-corrected chi connectivity index (χ2v) is 16.1. The van der Waals surface area contributed by atoms with Gasteiger partial charge in [-0.25, -0.2) is 9.18 Å². The molecule has 0 radical (unpaired) electrons. The van der Waals surface area contributed by atoms with Gasteiger partial charge in [0, 0.05) is 5.54 Å². The van der Waals surface area contributed by atoms with Gasteiger partial charge >= 0.3 is 5.97 Å². The Bertz CT molecular complexity index is 1310. The lowest BCUT2D eigenvalue weighted by molar-refractivity contribution is -0.217. The van der Waals surface area contributed by atoms with Gasteiger partial charge < -0.3 is 10.5 Å². The minimum Gasteiger partial charge on any atom is -0.465 e. The van der Waals surface area contributed by atoms with Crippen LogP contribution in [-0.2, 0) is 4.74 Å². The molecule has 5 aliphatic carbocycles. The van der Waals surface area contributed by atoms with Crippen LogP contribution in [0, 0.1) is 57.1 Å². The highest BCUT2D eigenvalue weighted by Crippen LogP contribution is 2.76. The first-order chi connectivity index (χ1) is 19.1. The van der Waals surface area contributed by atoms with Crippen LogP contribution in [0.15, 0.2) is 36.4 Å². The van der Waals surface area contributed by atoms with E-state index >= 15 is 4.39 Å². The molecule has 224 valence electrons. The van der Waals surface area contributed by atoms with E-state index in [-0.39, 0.29) is 32.8 Å². The summed E-state index contributed by atoms with van der Waals surface area (Å²) < 4.78 is 19.8. The molecule has 0 bridgehead atoms. The third-order valence-electron chi connectivity index (χ3n) is 14.4. The Hall–Kier alpha value is -1.94. The fourth-order valence-electron chi connectivity index (χ4n) is 12.3. The lowest BCUT2D eigenvalue weighted by atomic mass is 9.33. The third kappa shape index (κ3) is 3.80. The van der Waals surface area contributed by atoms with Crippen molar-refractivity contribution in [3.05, 3.63) is 53.4 Å². The van der Waals surface area contributed by atoms with Crippen molar-refractivity contribution in [2.45, 2.75) is 105 Å². The van der Waals surface area contributed by atoms with E-state index in [0.717, 1.165) is 24.8 Å². The highest BCUT2D eigenvalue weighted by atomic mass is 19.1. The molecule has 2 N–H and O–H groups in total. The number of halogens is 1. The van der Waals surface area contributed by atoms with Crippen molar-refractivity contribution in [1.29, 1.82) is 0 Å². The Labute approximate surface area is 247 Å². The zero-order valence-electron chi connectivity index (χ0n) is 26.5. The van der Waals surface area contributed by atoms with Gasteiger partial charge in [0.15, 0.2) is 0 Å². The van der Waals surface area contributed by atoms with Gasteiger partial charge in [0.05, 0.1) is 12.7 Å². The molecule has 0 aliphatic heterocycles. The largest absolute Gasteiger partial charge is 0.465 e. The van der Waals surface area contributed by atoms with Crippen LogP contribution in [0.5, 0.6) is 0 Å². The number of benzene rings is 1. The van der Waals surface area contributed by atoms with Gasteiger partial charge in [0.25, 0.3) is 0 Å². The number of hydrogen-bond acceptors (Lipinski definition) is 3. The molecule has 4 heteroatoms. The summed E-state index contributed by atoms with van der Waals surface area (Å²) in [6.45, 7) is 19.3. The number of ether oxygens (including phenoxy) is 1. The second-order valence-electron chi connectivity index (χ2n) is 16.1. The first-order valence-corrected chi connectivity index (χ1v) is 16.2. The number of carbonyl (C=O) groups is 1. The summed E-state index contributed by atoms with van der Waals surface area (Å²) in [4.78, 5) is 12.0. The Morgan fingerprint density at radius 1 is 0.976 bits per heavy atom. The molecule has 1 unspecified atom stereocenters. The first kappa shape index (κ1) is 29.1. The molecule has 0 heterocycles. The standard InChI is InChI=1S/C37H52FNO2/c1-22(2)24-13-18-37(39)20-19-35(6)27(31(24)37)11-12-30-34(5)16-14-26(33(3,4)29(34)15-17-36(30,35)7)23-9-10-25(28(38)21-23)32(40)41-8/h9-10,14,21,24,27,29-31H,1,11-13,15-20,39H2,2-8H3/t24-,27+,29-,30+,31+,34-,35+,36?,37-/m0/s1. The number of esters is 1. The highest BCUT2D eigenvalue weighted by Gasteiger charge is 2.70. The predicted molar refractivity (Wildman–Crippen MR) is 165 cm³/mol. The molecule has 0 saturated heterocycles. The maximum absolute atomic E-state index is 15.0. The van der Waals surface area contributed by atoms with Crippen molar-refractivity contribution in [3.8, 4) is 0 Å². The minimum atomic E-state index is -0.629. The van der Waals surface area contributed by atoms with Crippen LogP contribution in [0.25, 0.3) is 5.57 Å². The van der Waals surface area contributed by atoms with E-state index < -0.39 is 11.8 Å². The van der Waals surface area contributed by atoms with Crippen molar-refractivity contribution in [2.24, 2.45) is 57.0 Å². The smallest absolute Gasteiger partial charge is 0.340 e. The van der Waals surface area contributed by atoms with Crippen molar-refractivity contribution < 1.29 is 13.9 Å². The van der Waals surface area contributed by atoms with Crippen molar-refractivity contribution in [3.63, 3.8) is 0 Å². The molecule has 3 nitrogen and oxygen atoms in total. The maximum Gasteiger partial charge on any atom is 0.340 e. The van der Waals surface area contributed by atoms with E-state index in [1.165, 1.54) is 56.8 Å². The zero-order chi connectivity index (χ0) is 29.8. The van der Waals surface area contributed by atoms with E-state index in [1.807, 2.05) is 6.07 Å². The number of allylic oxidation sites excluding steroid dienone is 3. The van der Waals surface area contributed by atoms with Gasteiger partial charge in [-0.05, 0) is 139 Å². The van der Waals surface area contributed by atoms with Gasteiger partial charge in [-0.2, -0.15) is 0 Å². The molecule has 1 aromatic rings. The van der Waals surface area contributed by atoms with Gasteiger partial charge in [-0.1, -0.05) is 58.9 Å². The average Bonchev–Trinajstić information content (AvgIpc) is 3.26. The summed E-state index contributed by atoms with van der Waals surface area (Å²) in [5, 5.41) is 0. The van der Waals surface area contributed by atoms with Crippen LogP contribution < -0.4 is 5.73 Å². The molecule has 4 saturated carbocycles. The summed E-state index contributed by atoms with van der Waals surface area (Å²) in [6, 6.07) is 5.04. The first-order valence-electron chi connectivity index (χ1n) is 16.2. The van der Waals surface area contributed by atoms with Crippen LogP contribution in [0.1, 0.15) is 115 Å². The van der Waals surface area contributed by atoms with Gasteiger partial charge in [0.2, 0.25) is 0 Å². The van der Waals surface area contributed by atoms with Crippen LogP contribution in [-0.4, -0.2) is 18.6 Å². The summed E-state index contributed by atoms with van der Waals surface area (Å²) in [5.41, 5.74) is 11.4. The number of methoxy groups -OCH3 is 1. The van der Waals surface area contributed by atoms with Crippen molar-refractivity contribution in [1.82, 2.24) is 0 Å². The Kier molecular flexibility index (Phi) is 6.60. The highest BCUT2D eigenvalue weighted by molar-refractivity contribution is 5.90. The van der Waals surface area contributed by atoms with E-state index in [4.69, 9.17) is 10.5 Å². The minimum absolute atomic E-state index is 0.00105. The summed E-state index contributed by atoms with van der Waals surface area (Å²) in [7, 11) is 1.29. The molecule has 0 aromatic heterocycles. The molecule has 9 atom stereocenters. The normalized spacial score (nSPS) is 44.5. The molecular formula is C37H52FNO2. The second kappa shape index (κ2) is 9.28.